The molecular formula is C17H21F3N2O2S. The Balaban J connectivity index is 2.15. The van der Waals surface area contributed by atoms with Crippen LogP contribution in [0.1, 0.15) is 20.3 Å². The summed E-state index contributed by atoms with van der Waals surface area (Å²) in [5.41, 5.74) is 0.469. The van der Waals surface area contributed by atoms with Crippen molar-refractivity contribution in [3.8, 4) is 0 Å². The van der Waals surface area contributed by atoms with E-state index in [2.05, 4.69) is 23.6 Å². The number of nitrogens with zero attached hydrogens (tertiary/aromatic N) is 2. The van der Waals surface area contributed by atoms with E-state index in [0.717, 1.165) is 6.42 Å². The van der Waals surface area contributed by atoms with Crippen LogP contribution in [0.3, 0.4) is 0 Å². The van der Waals surface area contributed by atoms with E-state index in [-0.39, 0.29) is 12.2 Å². The Bertz CT molecular complexity index is 760. The van der Waals surface area contributed by atoms with Gasteiger partial charge >= 0.3 is 6.18 Å². The lowest BCUT2D eigenvalue weighted by molar-refractivity contribution is -0.172. The maximum atomic E-state index is 12.7. The number of halogens is 3. The number of hydrogen-bond acceptors (Lipinski definition) is 4. The molecule has 0 aliphatic rings. The molecule has 0 bridgehead atoms. The van der Waals surface area contributed by atoms with Crippen LogP contribution >= 0.6 is 11.8 Å². The number of aromatic nitrogens is 2. The second kappa shape index (κ2) is 8.71. The minimum Gasteiger partial charge on any atom is -0.371 e. The molecule has 138 valence electrons. The summed E-state index contributed by atoms with van der Waals surface area (Å²) >= 11 is 1.24. The van der Waals surface area contributed by atoms with Gasteiger partial charge in [0.15, 0.2) is 5.16 Å². The van der Waals surface area contributed by atoms with Crippen LogP contribution in [0.5, 0.6) is 0 Å². The Kier molecular flexibility index (Phi) is 6.89. The summed E-state index contributed by atoms with van der Waals surface area (Å²) < 4.78 is 42.5. The number of hydrogen-bond donors (Lipinski definition) is 0. The van der Waals surface area contributed by atoms with Crippen molar-refractivity contribution in [2.75, 3.05) is 19.0 Å². The van der Waals surface area contributed by atoms with Crippen LogP contribution in [0, 0.1) is 5.92 Å². The standard InChI is InChI=1S/C17H21F3N2O2S/c1-12(2)7-8-22-15(23)13-5-3-4-6-14(13)21-16(22)25-10-9-24-11-17(18,19)20/h3-6,12H,7-11H2,1-2H3. The van der Waals surface area contributed by atoms with Gasteiger partial charge in [0.1, 0.15) is 6.61 Å². The van der Waals surface area contributed by atoms with Gasteiger partial charge in [0.2, 0.25) is 0 Å². The van der Waals surface area contributed by atoms with Crippen molar-refractivity contribution >= 4 is 22.7 Å². The third kappa shape index (κ3) is 6.04. The first-order valence-electron chi connectivity index (χ1n) is 8.05. The van der Waals surface area contributed by atoms with Crippen molar-refractivity contribution in [1.82, 2.24) is 9.55 Å². The Morgan fingerprint density at radius 3 is 2.68 bits per heavy atom. The lowest BCUT2D eigenvalue weighted by atomic mass is 10.1. The van der Waals surface area contributed by atoms with Gasteiger partial charge in [-0.15, -0.1) is 0 Å². The van der Waals surface area contributed by atoms with Crippen molar-refractivity contribution in [2.24, 2.45) is 5.92 Å². The molecule has 0 aliphatic heterocycles. The Morgan fingerprint density at radius 1 is 1.28 bits per heavy atom. The smallest absolute Gasteiger partial charge is 0.371 e. The second-order valence-electron chi connectivity index (χ2n) is 6.07. The number of fused-ring (bicyclic) bond motifs is 1. The highest BCUT2D eigenvalue weighted by Crippen LogP contribution is 2.19. The fourth-order valence-electron chi connectivity index (χ4n) is 2.22. The molecule has 2 aromatic rings. The van der Waals surface area contributed by atoms with Crippen molar-refractivity contribution in [2.45, 2.75) is 38.1 Å². The molecular weight excluding hydrogens is 353 g/mol. The summed E-state index contributed by atoms with van der Waals surface area (Å²) in [7, 11) is 0. The Hall–Kier alpha value is -1.54. The van der Waals surface area contributed by atoms with Crippen LogP contribution in [-0.2, 0) is 11.3 Å². The van der Waals surface area contributed by atoms with Gasteiger partial charge in [-0.05, 0) is 24.5 Å². The number of thioether (sulfide) groups is 1. The van der Waals surface area contributed by atoms with Gasteiger partial charge in [0.05, 0.1) is 17.5 Å². The first-order valence-corrected chi connectivity index (χ1v) is 9.03. The number of ether oxygens (including phenoxy) is 1. The quantitative estimate of drug-likeness (QED) is 0.396. The van der Waals surface area contributed by atoms with E-state index in [1.54, 1.807) is 28.8 Å². The molecule has 0 aliphatic carbocycles. The molecule has 1 aromatic heterocycles. The summed E-state index contributed by atoms with van der Waals surface area (Å²) in [6.07, 6.45) is -3.51. The molecule has 0 fully saturated rings. The fourth-order valence-corrected chi connectivity index (χ4v) is 3.10. The van der Waals surface area contributed by atoms with Gasteiger partial charge < -0.3 is 4.74 Å². The van der Waals surface area contributed by atoms with Gasteiger partial charge in [-0.1, -0.05) is 37.7 Å². The van der Waals surface area contributed by atoms with E-state index < -0.39 is 12.8 Å². The molecule has 4 nitrogen and oxygen atoms in total. The van der Waals surface area contributed by atoms with Gasteiger partial charge in [0, 0.05) is 12.3 Å². The van der Waals surface area contributed by atoms with E-state index in [1.807, 2.05) is 0 Å². The molecule has 0 unspecified atom stereocenters. The van der Waals surface area contributed by atoms with E-state index in [1.165, 1.54) is 11.8 Å². The highest BCUT2D eigenvalue weighted by atomic mass is 32.2. The molecule has 0 radical (unpaired) electrons. The number of para-hydroxylation sites is 1. The van der Waals surface area contributed by atoms with Gasteiger partial charge in [-0.25, -0.2) is 4.98 Å². The number of rotatable bonds is 8. The summed E-state index contributed by atoms with van der Waals surface area (Å²) in [6, 6.07) is 7.08. The minimum absolute atomic E-state index is 0.0585. The third-order valence-electron chi connectivity index (χ3n) is 3.48. The summed E-state index contributed by atoms with van der Waals surface area (Å²) in [4.78, 5) is 17.2. The average Bonchev–Trinajstić information content (AvgIpc) is 2.53. The zero-order chi connectivity index (χ0) is 18.4. The zero-order valence-electron chi connectivity index (χ0n) is 14.2. The number of alkyl halides is 3. The molecule has 0 saturated heterocycles. The zero-order valence-corrected chi connectivity index (χ0v) is 15.0. The van der Waals surface area contributed by atoms with Gasteiger partial charge in [0.25, 0.3) is 5.56 Å². The first-order chi connectivity index (χ1) is 11.8. The minimum atomic E-state index is -4.33. The summed E-state index contributed by atoms with van der Waals surface area (Å²) in [5, 5.41) is 1.06. The van der Waals surface area contributed by atoms with Gasteiger partial charge in [-0.3, -0.25) is 9.36 Å². The summed E-state index contributed by atoms with van der Waals surface area (Å²) in [5.74, 6) is 0.717. The molecule has 0 spiro atoms. The molecule has 0 amide bonds. The van der Waals surface area contributed by atoms with Crippen molar-refractivity contribution in [1.29, 1.82) is 0 Å². The molecule has 0 N–H and O–H groups in total. The van der Waals surface area contributed by atoms with Crippen molar-refractivity contribution in [3.05, 3.63) is 34.6 Å². The Labute approximate surface area is 148 Å². The van der Waals surface area contributed by atoms with Crippen LogP contribution in [0.25, 0.3) is 10.9 Å². The Morgan fingerprint density at radius 2 is 2.00 bits per heavy atom. The summed E-state index contributed by atoms with van der Waals surface area (Å²) in [6.45, 7) is 3.34. The van der Waals surface area contributed by atoms with Crippen molar-refractivity contribution < 1.29 is 17.9 Å². The first kappa shape index (κ1) is 19.8. The van der Waals surface area contributed by atoms with Crippen LogP contribution in [0.4, 0.5) is 13.2 Å². The van der Waals surface area contributed by atoms with E-state index in [0.29, 0.717) is 34.3 Å². The molecule has 25 heavy (non-hydrogen) atoms. The van der Waals surface area contributed by atoms with E-state index >= 15 is 0 Å². The van der Waals surface area contributed by atoms with Gasteiger partial charge in [-0.2, -0.15) is 13.2 Å². The SMILES string of the molecule is CC(C)CCn1c(SCCOCC(F)(F)F)nc2ccccc2c1=O. The number of benzene rings is 1. The highest BCUT2D eigenvalue weighted by molar-refractivity contribution is 7.99. The normalized spacial score (nSPS) is 12.2. The second-order valence-corrected chi connectivity index (χ2v) is 7.13. The van der Waals surface area contributed by atoms with Crippen LogP contribution in [-0.4, -0.2) is 34.7 Å². The largest absolute Gasteiger partial charge is 0.411 e. The molecule has 8 heteroatoms. The molecule has 0 atom stereocenters. The predicted molar refractivity (Wildman–Crippen MR) is 93.1 cm³/mol. The molecule has 2 rings (SSSR count). The fraction of sp³-hybridized carbons (Fsp3) is 0.529. The van der Waals surface area contributed by atoms with E-state index in [9.17, 15) is 18.0 Å². The molecule has 1 aromatic carbocycles. The molecule has 1 heterocycles. The average molecular weight is 374 g/mol. The van der Waals surface area contributed by atoms with E-state index in [4.69, 9.17) is 0 Å². The van der Waals surface area contributed by atoms with Crippen LogP contribution < -0.4 is 5.56 Å². The van der Waals surface area contributed by atoms with Crippen LogP contribution in [0.2, 0.25) is 0 Å². The van der Waals surface area contributed by atoms with Crippen LogP contribution in [0.15, 0.2) is 34.2 Å². The molecule has 0 saturated carbocycles. The van der Waals surface area contributed by atoms with Crippen molar-refractivity contribution in [3.63, 3.8) is 0 Å². The predicted octanol–water partition coefficient (Wildman–Crippen LogP) is 4.11. The lowest BCUT2D eigenvalue weighted by Crippen LogP contribution is -2.24. The third-order valence-corrected chi connectivity index (χ3v) is 4.42. The maximum Gasteiger partial charge on any atom is 0.411 e. The monoisotopic (exact) mass is 374 g/mol. The lowest BCUT2D eigenvalue weighted by Gasteiger charge is -2.14. The topological polar surface area (TPSA) is 44.1 Å². The maximum absolute atomic E-state index is 12.7. The highest BCUT2D eigenvalue weighted by Gasteiger charge is 2.27.